The van der Waals surface area contributed by atoms with Crippen LogP contribution in [0.25, 0.3) is 11.1 Å². The summed E-state index contributed by atoms with van der Waals surface area (Å²) in [6.45, 7) is 1.46. The quantitative estimate of drug-likeness (QED) is 0.367. The second kappa shape index (κ2) is 12.3. The van der Waals surface area contributed by atoms with Crippen molar-refractivity contribution in [2.24, 2.45) is 5.41 Å². The predicted molar refractivity (Wildman–Crippen MR) is 142 cm³/mol. The van der Waals surface area contributed by atoms with Gasteiger partial charge in [-0.3, -0.25) is 9.59 Å². The number of nitrogens with one attached hydrogen (secondary N) is 1. The summed E-state index contributed by atoms with van der Waals surface area (Å²) in [5.41, 5.74) is 4.42. The van der Waals surface area contributed by atoms with Crippen molar-refractivity contribution in [2.45, 2.75) is 63.7 Å². The number of benzene rings is 2. The van der Waals surface area contributed by atoms with Gasteiger partial charge in [0.05, 0.1) is 6.42 Å². The number of amides is 2. The number of carbonyl (C=O) groups excluding carboxylic acids is 2. The molecule has 2 amide bonds. The van der Waals surface area contributed by atoms with Crippen LogP contribution in [0.5, 0.6) is 0 Å². The molecule has 2 aromatic rings. The third-order valence-electron chi connectivity index (χ3n) is 7.93. The topological polar surface area (TPSA) is 95.9 Å². The molecule has 7 heteroatoms. The van der Waals surface area contributed by atoms with Crippen molar-refractivity contribution in [2.75, 3.05) is 26.7 Å². The van der Waals surface area contributed by atoms with Crippen molar-refractivity contribution < 1.29 is 24.2 Å². The predicted octanol–water partition coefficient (Wildman–Crippen LogP) is 5.58. The molecule has 2 aromatic carbocycles. The second-order valence-electron chi connectivity index (χ2n) is 10.6. The first kappa shape index (κ1) is 26.7. The Balaban J connectivity index is 1.12. The van der Waals surface area contributed by atoms with Crippen molar-refractivity contribution in [1.29, 1.82) is 0 Å². The van der Waals surface area contributed by atoms with Crippen LogP contribution in [-0.2, 0) is 14.3 Å². The van der Waals surface area contributed by atoms with E-state index in [9.17, 15) is 19.5 Å². The van der Waals surface area contributed by atoms with Gasteiger partial charge in [0.15, 0.2) is 0 Å². The number of rotatable bonds is 12. The first-order valence-corrected chi connectivity index (χ1v) is 13.4. The van der Waals surface area contributed by atoms with E-state index in [0.717, 1.165) is 44.9 Å². The summed E-state index contributed by atoms with van der Waals surface area (Å²) in [6.07, 6.45) is 6.14. The number of ether oxygens (including phenoxy) is 1. The fourth-order valence-electron chi connectivity index (χ4n) is 5.93. The standard InChI is InChI=1S/C30H38N2O5/c1-32(27(33)19-30(20-28(34)35)15-7-8-16-30)18-10-2-9-17-31-29(36)37-21-26-24-13-5-3-11-22(24)23-12-4-6-14-25(23)26/h3-6,11-14,26H,2,7-10,15-21H2,1H3,(H,31,36)(H,34,35). The largest absolute Gasteiger partial charge is 0.481 e. The fourth-order valence-corrected chi connectivity index (χ4v) is 5.93. The Morgan fingerprint density at radius 3 is 2.19 bits per heavy atom. The van der Waals surface area contributed by atoms with Crippen LogP contribution in [0.2, 0.25) is 0 Å². The van der Waals surface area contributed by atoms with Crippen LogP contribution in [0.3, 0.4) is 0 Å². The summed E-state index contributed by atoms with van der Waals surface area (Å²) in [6, 6.07) is 16.5. The van der Waals surface area contributed by atoms with Gasteiger partial charge in [-0.1, -0.05) is 61.4 Å². The summed E-state index contributed by atoms with van der Waals surface area (Å²) in [7, 11) is 1.79. The van der Waals surface area contributed by atoms with Gasteiger partial charge in [0.2, 0.25) is 5.91 Å². The van der Waals surface area contributed by atoms with Crippen LogP contribution in [0, 0.1) is 5.41 Å². The van der Waals surface area contributed by atoms with E-state index in [0.29, 0.717) is 26.1 Å². The second-order valence-corrected chi connectivity index (χ2v) is 10.6. The maximum Gasteiger partial charge on any atom is 0.407 e. The van der Waals surface area contributed by atoms with Gasteiger partial charge in [-0.05, 0) is 59.8 Å². The summed E-state index contributed by atoms with van der Waals surface area (Å²) in [5.74, 6) is -0.744. The Morgan fingerprint density at radius 2 is 1.57 bits per heavy atom. The van der Waals surface area contributed by atoms with E-state index < -0.39 is 12.1 Å². The molecule has 2 aliphatic rings. The highest BCUT2D eigenvalue weighted by Crippen LogP contribution is 2.45. The number of hydrogen-bond donors (Lipinski definition) is 2. The number of carboxylic acid groups (broad SMARTS) is 1. The van der Waals surface area contributed by atoms with E-state index in [-0.39, 0.29) is 23.7 Å². The van der Waals surface area contributed by atoms with Gasteiger partial charge in [0, 0.05) is 32.5 Å². The van der Waals surface area contributed by atoms with Crippen LogP contribution in [0.4, 0.5) is 4.79 Å². The van der Waals surface area contributed by atoms with Gasteiger partial charge in [-0.2, -0.15) is 0 Å². The number of fused-ring (bicyclic) bond motifs is 3. The normalized spacial score (nSPS) is 15.6. The molecule has 0 bridgehead atoms. The molecule has 0 aliphatic heterocycles. The van der Waals surface area contributed by atoms with Crippen molar-refractivity contribution in [3.8, 4) is 11.1 Å². The van der Waals surface area contributed by atoms with E-state index >= 15 is 0 Å². The third kappa shape index (κ3) is 6.70. The average molecular weight is 507 g/mol. The zero-order chi connectivity index (χ0) is 26.3. The Hall–Kier alpha value is -3.35. The molecule has 0 heterocycles. The molecular formula is C30H38N2O5. The molecule has 0 aromatic heterocycles. The van der Waals surface area contributed by atoms with Crippen LogP contribution in [-0.4, -0.2) is 54.7 Å². The maximum absolute atomic E-state index is 12.7. The Morgan fingerprint density at radius 1 is 0.946 bits per heavy atom. The van der Waals surface area contributed by atoms with Crippen molar-refractivity contribution in [3.63, 3.8) is 0 Å². The summed E-state index contributed by atoms with van der Waals surface area (Å²) in [5, 5.41) is 12.1. The Kier molecular flexibility index (Phi) is 8.85. The molecular weight excluding hydrogens is 468 g/mol. The molecule has 0 saturated heterocycles. The number of carbonyl (C=O) groups is 3. The smallest absolute Gasteiger partial charge is 0.407 e. The van der Waals surface area contributed by atoms with Crippen LogP contribution >= 0.6 is 0 Å². The molecule has 0 spiro atoms. The molecule has 2 aliphatic carbocycles. The van der Waals surface area contributed by atoms with E-state index in [1.165, 1.54) is 22.3 Å². The molecule has 198 valence electrons. The number of alkyl carbamates (subject to hydrolysis) is 1. The summed E-state index contributed by atoms with van der Waals surface area (Å²) >= 11 is 0. The highest BCUT2D eigenvalue weighted by molar-refractivity contribution is 5.79. The van der Waals surface area contributed by atoms with Gasteiger partial charge < -0.3 is 20.1 Å². The van der Waals surface area contributed by atoms with Crippen molar-refractivity contribution in [1.82, 2.24) is 10.2 Å². The van der Waals surface area contributed by atoms with Gasteiger partial charge in [0.25, 0.3) is 0 Å². The van der Waals surface area contributed by atoms with Gasteiger partial charge in [-0.25, -0.2) is 4.79 Å². The highest BCUT2D eigenvalue weighted by atomic mass is 16.5. The maximum atomic E-state index is 12.7. The first-order chi connectivity index (χ1) is 17.9. The molecule has 0 unspecified atom stereocenters. The molecule has 7 nitrogen and oxygen atoms in total. The minimum Gasteiger partial charge on any atom is -0.481 e. The van der Waals surface area contributed by atoms with Gasteiger partial charge >= 0.3 is 12.1 Å². The minimum absolute atomic E-state index is 0.0277. The Bertz CT molecular complexity index is 1060. The number of unbranched alkanes of at least 4 members (excludes halogenated alkanes) is 2. The van der Waals surface area contributed by atoms with Crippen molar-refractivity contribution in [3.05, 3.63) is 59.7 Å². The van der Waals surface area contributed by atoms with Crippen molar-refractivity contribution >= 4 is 18.0 Å². The Labute approximate surface area is 219 Å². The lowest BCUT2D eigenvalue weighted by Crippen LogP contribution is -2.34. The number of carboxylic acids is 1. The average Bonchev–Trinajstić information content (AvgIpc) is 3.46. The van der Waals surface area contributed by atoms with Gasteiger partial charge in [-0.15, -0.1) is 0 Å². The van der Waals surface area contributed by atoms with Gasteiger partial charge in [0.1, 0.15) is 6.61 Å². The summed E-state index contributed by atoms with van der Waals surface area (Å²) < 4.78 is 5.57. The first-order valence-electron chi connectivity index (χ1n) is 13.4. The van der Waals surface area contributed by atoms with E-state index in [2.05, 4.69) is 29.6 Å². The van der Waals surface area contributed by atoms with Crippen LogP contribution in [0.15, 0.2) is 48.5 Å². The zero-order valence-corrected chi connectivity index (χ0v) is 21.7. The molecule has 2 N–H and O–H groups in total. The highest BCUT2D eigenvalue weighted by Gasteiger charge is 2.38. The number of aliphatic carboxylic acids is 1. The summed E-state index contributed by atoms with van der Waals surface area (Å²) in [4.78, 5) is 38.0. The fraction of sp³-hybridized carbons (Fsp3) is 0.500. The number of hydrogen-bond acceptors (Lipinski definition) is 4. The van der Waals surface area contributed by atoms with E-state index in [1.54, 1.807) is 11.9 Å². The molecule has 0 atom stereocenters. The molecule has 0 radical (unpaired) electrons. The van der Waals surface area contributed by atoms with E-state index in [4.69, 9.17) is 4.74 Å². The van der Waals surface area contributed by atoms with Crippen LogP contribution < -0.4 is 5.32 Å². The van der Waals surface area contributed by atoms with Crippen LogP contribution in [0.1, 0.15) is 74.8 Å². The number of nitrogens with zero attached hydrogens (tertiary/aromatic N) is 1. The lowest BCUT2D eigenvalue weighted by Gasteiger charge is -2.29. The molecule has 1 saturated carbocycles. The lowest BCUT2D eigenvalue weighted by molar-refractivity contribution is -0.141. The monoisotopic (exact) mass is 506 g/mol. The minimum atomic E-state index is -0.818. The zero-order valence-electron chi connectivity index (χ0n) is 21.7. The molecule has 4 rings (SSSR count). The molecule has 1 fully saturated rings. The third-order valence-corrected chi connectivity index (χ3v) is 7.93. The molecule has 37 heavy (non-hydrogen) atoms. The SMILES string of the molecule is CN(CCCCCNC(=O)OCC1c2ccccc2-c2ccccc21)C(=O)CC1(CC(=O)O)CCCC1. The van der Waals surface area contributed by atoms with E-state index in [1.807, 2.05) is 24.3 Å². The lowest BCUT2D eigenvalue weighted by atomic mass is 9.79.